The third-order valence-electron chi connectivity index (χ3n) is 2.53. The minimum atomic E-state index is -0.851. The highest BCUT2D eigenvalue weighted by atomic mass is 16.8. The fraction of sp³-hybridized carbons (Fsp3) is 1.00. The molecule has 0 aromatic carbocycles. The molecule has 0 spiro atoms. The Labute approximate surface area is 82.6 Å². The first-order valence-corrected chi connectivity index (χ1v) is 4.82. The van der Waals surface area contributed by atoms with E-state index in [2.05, 4.69) is 0 Å². The standard InChI is InChI=1S/C9H16O5/c1-9(2)13-7-3-6(5(11)4-10)12-8(7)14-9/h5-8,10-11H,3-4H2,1-2H3/t5?,6-,7+,8?/m0/s1. The Hall–Kier alpha value is -0.200. The molecule has 14 heavy (non-hydrogen) atoms. The molecule has 2 saturated heterocycles. The Morgan fingerprint density at radius 1 is 1.43 bits per heavy atom. The minimum absolute atomic E-state index is 0.129. The summed E-state index contributed by atoms with van der Waals surface area (Å²) >= 11 is 0. The van der Waals surface area contributed by atoms with Gasteiger partial charge in [-0.3, -0.25) is 0 Å². The summed E-state index contributed by atoms with van der Waals surface area (Å²) in [6.07, 6.45) is -1.20. The third-order valence-corrected chi connectivity index (χ3v) is 2.53. The normalized spacial score (nSPS) is 42.4. The Bertz CT molecular complexity index is 201. The SMILES string of the molecule is CC1(C)OC2O[C@H](C(O)CO)C[C@H]2O1. The van der Waals surface area contributed by atoms with E-state index in [0.29, 0.717) is 6.42 Å². The molecule has 2 rings (SSSR count). The molecule has 2 fully saturated rings. The smallest absolute Gasteiger partial charge is 0.187 e. The summed E-state index contributed by atoms with van der Waals surface area (Å²) in [5, 5.41) is 18.1. The van der Waals surface area contributed by atoms with E-state index in [4.69, 9.17) is 19.3 Å². The van der Waals surface area contributed by atoms with E-state index < -0.39 is 18.2 Å². The quantitative estimate of drug-likeness (QED) is 0.641. The van der Waals surface area contributed by atoms with Crippen LogP contribution in [-0.2, 0) is 14.2 Å². The maximum atomic E-state index is 9.36. The predicted molar refractivity (Wildman–Crippen MR) is 46.4 cm³/mol. The van der Waals surface area contributed by atoms with E-state index in [9.17, 15) is 5.11 Å². The van der Waals surface area contributed by atoms with Gasteiger partial charge >= 0.3 is 0 Å². The second kappa shape index (κ2) is 3.43. The molecule has 2 aliphatic heterocycles. The first-order chi connectivity index (χ1) is 6.52. The van der Waals surface area contributed by atoms with Crippen molar-refractivity contribution in [3.8, 4) is 0 Å². The molecule has 0 amide bonds. The molecule has 0 aromatic rings. The van der Waals surface area contributed by atoms with E-state index in [1.54, 1.807) is 0 Å². The Morgan fingerprint density at radius 3 is 2.71 bits per heavy atom. The molecule has 2 N–H and O–H groups in total. The van der Waals surface area contributed by atoms with Crippen LogP contribution >= 0.6 is 0 Å². The molecule has 2 aliphatic rings. The molecule has 5 nitrogen and oxygen atoms in total. The van der Waals surface area contributed by atoms with Crippen LogP contribution in [0.5, 0.6) is 0 Å². The van der Waals surface area contributed by atoms with E-state index in [1.165, 1.54) is 0 Å². The van der Waals surface area contributed by atoms with Gasteiger partial charge in [-0.25, -0.2) is 0 Å². The maximum absolute atomic E-state index is 9.36. The second-order valence-electron chi connectivity index (χ2n) is 4.20. The lowest BCUT2D eigenvalue weighted by Crippen LogP contribution is -2.32. The van der Waals surface area contributed by atoms with Crippen LogP contribution in [0.15, 0.2) is 0 Å². The maximum Gasteiger partial charge on any atom is 0.187 e. The van der Waals surface area contributed by atoms with Gasteiger partial charge in [-0.2, -0.15) is 0 Å². The lowest BCUT2D eigenvalue weighted by Gasteiger charge is -2.22. The molecule has 0 bridgehead atoms. The second-order valence-corrected chi connectivity index (χ2v) is 4.20. The molecule has 2 heterocycles. The van der Waals surface area contributed by atoms with Gasteiger partial charge in [-0.05, 0) is 13.8 Å². The van der Waals surface area contributed by atoms with Crippen molar-refractivity contribution < 1.29 is 24.4 Å². The van der Waals surface area contributed by atoms with Crippen LogP contribution in [0, 0.1) is 0 Å². The van der Waals surface area contributed by atoms with Gasteiger partial charge in [0.2, 0.25) is 0 Å². The van der Waals surface area contributed by atoms with Gasteiger partial charge in [0.25, 0.3) is 0 Å². The lowest BCUT2D eigenvalue weighted by molar-refractivity contribution is -0.215. The third kappa shape index (κ3) is 1.78. The van der Waals surface area contributed by atoms with Crippen LogP contribution in [0.4, 0.5) is 0 Å². The Balaban J connectivity index is 1.93. The van der Waals surface area contributed by atoms with Crippen LogP contribution in [-0.4, -0.2) is 47.2 Å². The van der Waals surface area contributed by atoms with Crippen LogP contribution < -0.4 is 0 Å². The number of fused-ring (bicyclic) bond motifs is 1. The highest BCUT2D eigenvalue weighted by Gasteiger charge is 2.49. The van der Waals surface area contributed by atoms with Gasteiger partial charge in [-0.1, -0.05) is 0 Å². The van der Waals surface area contributed by atoms with Crippen molar-refractivity contribution >= 4 is 0 Å². The summed E-state index contributed by atoms with van der Waals surface area (Å²) in [5.41, 5.74) is 0. The first kappa shape index (κ1) is 10.3. The Morgan fingerprint density at radius 2 is 2.14 bits per heavy atom. The predicted octanol–water partition coefficient (Wildman–Crippen LogP) is -0.394. The monoisotopic (exact) mass is 204 g/mol. The van der Waals surface area contributed by atoms with Crippen molar-refractivity contribution in [1.82, 2.24) is 0 Å². The number of rotatable bonds is 2. The molecular weight excluding hydrogens is 188 g/mol. The van der Waals surface area contributed by atoms with Gasteiger partial charge < -0.3 is 24.4 Å². The molecule has 5 heteroatoms. The average Bonchev–Trinajstić information content (AvgIpc) is 2.56. The van der Waals surface area contributed by atoms with Crippen molar-refractivity contribution in [2.45, 2.75) is 50.7 Å². The number of hydrogen-bond acceptors (Lipinski definition) is 5. The minimum Gasteiger partial charge on any atom is -0.394 e. The zero-order valence-corrected chi connectivity index (χ0v) is 8.34. The van der Waals surface area contributed by atoms with Crippen LogP contribution in [0.1, 0.15) is 20.3 Å². The van der Waals surface area contributed by atoms with Gasteiger partial charge in [0, 0.05) is 6.42 Å². The topological polar surface area (TPSA) is 68.2 Å². The fourth-order valence-corrected chi connectivity index (χ4v) is 1.90. The lowest BCUT2D eigenvalue weighted by atomic mass is 10.1. The molecule has 82 valence electrons. The van der Waals surface area contributed by atoms with Crippen molar-refractivity contribution in [3.63, 3.8) is 0 Å². The summed E-state index contributed by atoms with van der Waals surface area (Å²) < 4.78 is 16.4. The van der Waals surface area contributed by atoms with Gasteiger partial charge in [0.1, 0.15) is 12.2 Å². The Kier molecular flexibility index (Phi) is 2.53. The van der Waals surface area contributed by atoms with Crippen molar-refractivity contribution in [1.29, 1.82) is 0 Å². The zero-order chi connectivity index (χ0) is 10.3. The highest BCUT2D eigenvalue weighted by molar-refractivity contribution is 4.87. The largest absolute Gasteiger partial charge is 0.394 e. The van der Waals surface area contributed by atoms with Crippen LogP contribution in [0.25, 0.3) is 0 Å². The zero-order valence-electron chi connectivity index (χ0n) is 8.34. The number of ether oxygens (including phenoxy) is 3. The number of aliphatic hydroxyl groups excluding tert-OH is 2. The fourth-order valence-electron chi connectivity index (χ4n) is 1.90. The molecular formula is C9H16O5. The van der Waals surface area contributed by atoms with E-state index in [-0.39, 0.29) is 18.8 Å². The van der Waals surface area contributed by atoms with Crippen LogP contribution in [0.2, 0.25) is 0 Å². The molecule has 0 aromatic heterocycles. The molecule has 0 aliphatic carbocycles. The van der Waals surface area contributed by atoms with Gasteiger partial charge in [-0.15, -0.1) is 0 Å². The molecule has 0 saturated carbocycles. The average molecular weight is 204 g/mol. The van der Waals surface area contributed by atoms with E-state index >= 15 is 0 Å². The summed E-state index contributed by atoms with van der Waals surface area (Å²) in [7, 11) is 0. The van der Waals surface area contributed by atoms with E-state index in [0.717, 1.165) is 0 Å². The molecule has 0 radical (unpaired) electrons. The van der Waals surface area contributed by atoms with Gasteiger partial charge in [0.15, 0.2) is 12.1 Å². The summed E-state index contributed by atoms with van der Waals surface area (Å²) in [6, 6.07) is 0. The summed E-state index contributed by atoms with van der Waals surface area (Å²) in [4.78, 5) is 0. The van der Waals surface area contributed by atoms with Crippen molar-refractivity contribution in [2.75, 3.05) is 6.61 Å². The van der Waals surface area contributed by atoms with E-state index in [1.807, 2.05) is 13.8 Å². The molecule has 2 unspecified atom stereocenters. The van der Waals surface area contributed by atoms with Crippen LogP contribution in [0.3, 0.4) is 0 Å². The summed E-state index contributed by atoms with van der Waals surface area (Å²) in [5.74, 6) is -0.607. The first-order valence-electron chi connectivity index (χ1n) is 4.82. The number of aliphatic hydroxyl groups is 2. The highest BCUT2D eigenvalue weighted by Crippen LogP contribution is 2.37. The van der Waals surface area contributed by atoms with Crippen molar-refractivity contribution in [2.24, 2.45) is 0 Å². The molecule has 4 atom stereocenters. The summed E-state index contributed by atoms with van der Waals surface area (Å²) in [6.45, 7) is 3.35. The van der Waals surface area contributed by atoms with Crippen molar-refractivity contribution in [3.05, 3.63) is 0 Å². The van der Waals surface area contributed by atoms with Gasteiger partial charge in [0.05, 0.1) is 12.7 Å². The number of hydrogen-bond donors (Lipinski definition) is 2.